The molecule has 1 aliphatic carbocycles. The molecule has 28 heavy (non-hydrogen) atoms. The van der Waals surface area contributed by atoms with Gasteiger partial charge >= 0.3 is 0 Å². The van der Waals surface area contributed by atoms with Crippen molar-refractivity contribution in [1.82, 2.24) is 0 Å². The van der Waals surface area contributed by atoms with Gasteiger partial charge in [0.25, 0.3) is 0 Å². The standard InChI is InChI=1S/C24H28O4/c1-25-21-15-13-17(16-23(21)27-3)12-14-18-8-5-6-9-19(18)20-10-7-11-22(26-2)24(20)28-4/h6-7,9-16,18-19H,5,8H2,1-4H3/b14-12+/t18-,19+/m1/s1. The summed E-state index contributed by atoms with van der Waals surface area (Å²) in [7, 11) is 6.67. The second kappa shape index (κ2) is 9.36. The van der Waals surface area contributed by atoms with E-state index in [2.05, 4.69) is 30.4 Å². The third-order valence-corrected chi connectivity index (χ3v) is 5.21. The Hall–Kier alpha value is -2.88. The lowest BCUT2D eigenvalue weighted by Gasteiger charge is -2.27. The molecule has 4 nitrogen and oxygen atoms in total. The zero-order chi connectivity index (χ0) is 19.9. The predicted molar refractivity (Wildman–Crippen MR) is 113 cm³/mol. The molecule has 0 aromatic heterocycles. The van der Waals surface area contributed by atoms with E-state index in [0.29, 0.717) is 5.92 Å². The molecule has 0 heterocycles. The fourth-order valence-corrected chi connectivity index (χ4v) is 3.77. The van der Waals surface area contributed by atoms with Gasteiger partial charge in [0, 0.05) is 11.5 Å². The van der Waals surface area contributed by atoms with Gasteiger partial charge in [0.05, 0.1) is 28.4 Å². The van der Waals surface area contributed by atoms with Crippen molar-refractivity contribution in [1.29, 1.82) is 0 Å². The highest BCUT2D eigenvalue weighted by molar-refractivity contribution is 5.57. The molecule has 0 fully saturated rings. The van der Waals surface area contributed by atoms with E-state index < -0.39 is 0 Å². The maximum absolute atomic E-state index is 5.67. The van der Waals surface area contributed by atoms with E-state index in [1.54, 1.807) is 28.4 Å². The molecule has 2 aromatic rings. The largest absolute Gasteiger partial charge is 0.493 e. The number of para-hydroxylation sites is 1. The molecule has 2 atom stereocenters. The van der Waals surface area contributed by atoms with Gasteiger partial charge in [-0.1, -0.05) is 42.5 Å². The van der Waals surface area contributed by atoms with Gasteiger partial charge in [0.1, 0.15) is 0 Å². The second-order valence-electron chi connectivity index (χ2n) is 6.75. The van der Waals surface area contributed by atoms with Crippen LogP contribution in [0, 0.1) is 5.92 Å². The number of hydrogen-bond donors (Lipinski definition) is 0. The van der Waals surface area contributed by atoms with Crippen molar-refractivity contribution in [2.24, 2.45) is 5.92 Å². The predicted octanol–water partition coefficient (Wildman–Crippen LogP) is 5.48. The lowest BCUT2D eigenvalue weighted by atomic mass is 9.78. The van der Waals surface area contributed by atoms with Crippen LogP contribution in [0.15, 0.2) is 54.6 Å². The monoisotopic (exact) mass is 380 g/mol. The van der Waals surface area contributed by atoms with E-state index in [4.69, 9.17) is 18.9 Å². The zero-order valence-corrected chi connectivity index (χ0v) is 17.0. The van der Waals surface area contributed by atoms with Crippen LogP contribution in [0.4, 0.5) is 0 Å². The first-order chi connectivity index (χ1) is 13.7. The van der Waals surface area contributed by atoms with Gasteiger partial charge in [-0.25, -0.2) is 0 Å². The molecule has 0 saturated heterocycles. The minimum absolute atomic E-state index is 0.246. The van der Waals surface area contributed by atoms with Crippen LogP contribution in [0.1, 0.15) is 29.9 Å². The quantitative estimate of drug-likeness (QED) is 0.596. The topological polar surface area (TPSA) is 36.9 Å². The summed E-state index contributed by atoms with van der Waals surface area (Å²) in [5, 5.41) is 0. The van der Waals surface area contributed by atoms with E-state index in [1.165, 1.54) is 0 Å². The maximum atomic E-state index is 5.67. The molecule has 3 rings (SSSR count). The van der Waals surface area contributed by atoms with Gasteiger partial charge in [-0.2, -0.15) is 0 Å². The molecule has 0 N–H and O–H groups in total. The number of allylic oxidation sites excluding steroid dienone is 3. The lowest BCUT2D eigenvalue weighted by Crippen LogP contribution is -2.13. The van der Waals surface area contributed by atoms with Crippen LogP contribution in [-0.4, -0.2) is 28.4 Å². The van der Waals surface area contributed by atoms with Gasteiger partial charge in [-0.15, -0.1) is 0 Å². The third-order valence-electron chi connectivity index (χ3n) is 5.21. The molecule has 148 valence electrons. The third kappa shape index (κ3) is 4.16. The highest BCUT2D eigenvalue weighted by Crippen LogP contribution is 2.42. The number of ether oxygens (including phenoxy) is 4. The van der Waals surface area contributed by atoms with E-state index in [9.17, 15) is 0 Å². The van der Waals surface area contributed by atoms with Crippen molar-refractivity contribution in [2.75, 3.05) is 28.4 Å². The second-order valence-corrected chi connectivity index (χ2v) is 6.75. The average Bonchev–Trinajstić information content (AvgIpc) is 2.76. The van der Waals surface area contributed by atoms with Gasteiger partial charge in [0.15, 0.2) is 23.0 Å². The summed E-state index contributed by atoms with van der Waals surface area (Å²) in [5.41, 5.74) is 2.24. The summed E-state index contributed by atoms with van der Waals surface area (Å²) in [6, 6.07) is 12.0. The molecule has 0 radical (unpaired) electrons. The Morgan fingerprint density at radius 2 is 1.64 bits per heavy atom. The molecule has 0 spiro atoms. The van der Waals surface area contributed by atoms with Gasteiger partial charge < -0.3 is 18.9 Å². The Balaban J connectivity index is 1.90. The molecule has 0 unspecified atom stereocenters. The van der Waals surface area contributed by atoms with E-state index in [0.717, 1.165) is 47.0 Å². The fraction of sp³-hybridized carbons (Fsp3) is 0.333. The van der Waals surface area contributed by atoms with Gasteiger partial charge in [-0.3, -0.25) is 0 Å². The lowest BCUT2D eigenvalue weighted by molar-refractivity contribution is 0.347. The van der Waals surface area contributed by atoms with Crippen molar-refractivity contribution in [3.8, 4) is 23.0 Å². The van der Waals surface area contributed by atoms with Crippen LogP contribution < -0.4 is 18.9 Å². The van der Waals surface area contributed by atoms with Crippen molar-refractivity contribution in [3.63, 3.8) is 0 Å². The Bertz CT molecular complexity index is 854. The first-order valence-corrected chi connectivity index (χ1v) is 9.49. The number of methoxy groups -OCH3 is 4. The molecule has 0 aliphatic heterocycles. The van der Waals surface area contributed by atoms with Crippen molar-refractivity contribution in [3.05, 3.63) is 65.8 Å². The highest BCUT2D eigenvalue weighted by Gasteiger charge is 2.25. The van der Waals surface area contributed by atoms with Gasteiger partial charge in [0.2, 0.25) is 0 Å². The van der Waals surface area contributed by atoms with Crippen molar-refractivity contribution < 1.29 is 18.9 Å². The van der Waals surface area contributed by atoms with Crippen LogP contribution >= 0.6 is 0 Å². The first-order valence-electron chi connectivity index (χ1n) is 9.49. The Morgan fingerprint density at radius 1 is 0.857 bits per heavy atom. The Morgan fingerprint density at radius 3 is 2.36 bits per heavy atom. The van der Waals surface area contributed by atoms with Gasteiger partial charge in [-0.05, 0) is 42.5 Å². The molecule has 0 amide bonds. The number of hydrogen-bond acceptors (Lipinski definition) is 4. The highest BCUT2D eigenvalue weighted by atomic mass is 16.5. The fourth-order valence-electron chi connectivity index (χ4n) is 3.77. The first kappa shape index (κ1) is 19.9. The summed E-state index contributed by atoms with van der Waals surface area (Å²) >= 11 is 0. The molecule has 4 heteroatoms. The van der Waals surface area contributed by atoms with Crippen molar-refractivity contribution >= 4 is 6.08 Å². The smallest absolute Gasteiger partial charge is 0.164 e. The Labute approximate surface area is 167 Å². The van der Waals surface area contributed by atoms with Crippen LogP contribution in [-0.2, 0) is 0 Å². The van der Waals surface area contributed by atoms with Crippen LogP contribution in [0.5, 0.6) is 23.0 Å². The number of rotatable bonds is 7. The van der Waals surface area contributed by atoms with E-state index in [1.807, 2.05) is 30.3 Å². The normalized spacial score (nSPS) is 18.9. The minimum Gasteiger partial charge on any atom is -0.493 e. The van der Waals surface area contributed by atoms with Crippen LogP contribution in [0.3, 0.4) is 0 Å². The average molecular weight is 380 g/mol. The zero-order valence-electron chi connectivity index (χ0n) is 17.0. The van der Waals surface area contributed by atoms with Crippen LogP contribution in [0.25, 0.3) is 6.08 Å². The molecule has 2 aromatic carbocycles. The summed E-state index contributed by atoms with van der Waals surface area (Å²) in [4.78, 5) is 0. The molecule has 1 aliphatic rings. The maximum Gasteiger partial charge on any atom is 0.164 e. The van der Waals surface area contributed by atoms with Crippen LogP contribution in [0.2, 0.25) is 0 Å². The molecular weight excluding hydrogens is 352 g/mol. The molecule has 0 saturated carbocycles. The molecular formula is C24H28O4. The SMILES string of the molecule is COc1ccc(/C=C/[C@H]2CCC=C[C@@H]2c2cccc(OC)c2OC)cc1OC. The summed E-state index contributed by atoms with van der Waals surface area (Å²) < 4.78 is 21.9. The van der Waals surface area contributed by atoms with E-state index >= 15 is 0 Å². The summed E-state index contributed by atoms with van der Waals surface area (Å²) in [6.07, 6.45) is 11.1. The van der Waals surface area contributed by atoms with E-state index in [-0.39, 0.29) is 5.92 Å². The summed E-state index contributed by atoms with van der Waals surface area (Å²) in [5.74, 6) is 3.67. The number of benzene rings is 2. The van der Waals surface area contributed by atoms with Crippen molar-refractivity contribution in [2.45, 2.75) is 18.8 Å². The Kier molecular flexibility index (Phi) is 6.64. The molecule has 0 bridgehead atoms. The minimum atomic E-state index is 0.246. The summed E-state index contributed by atoms with van der Waals surface area (Å²) in [6.45, 7) is 0.